The number of anilines is 1. The summed E-state index contributed by atoms with van der Waals surface area (Å²) in [4.78, 5) is 11.1. The Balaban J connectivity index is 2.12. The van der Waals surface area contributed by atoms with Crippen molar-refractivity contribution in [2.45, 2.75) is 20.8 Å². The molecule has 0 saturated heterocycles. The third-order valence-electron chi connectivity index (χ3n) is 4.55. The van der Waals surface area contributed by atoms with E-state index in [0.717, 1.165) is 16.8 Å². The monoisotopic (exact) mass is 419 g/mol. The van der Waals surface area contributed by atoms with Gasteiger partial charge in [0.15, 0.2) is 17.4 Å². The molecule has 1 aromatic heterocycles. The Morgan fingerprint density at radius 1 is 1.00 bits per heavy atom. The SMILES string of the molecule is Cc1cc(C)cc(NC(=S)/C(=C(\[O-])c2ccc(C)c([N+](=O)[O-])c2)[n+]2ccccc2)c1. The van der Waals surface area contributed by atoms with Gasteiger partial charge in [0.25, 0.3) is 5.69 Å². The van der Waals surface area contributed by atoms with Crippen LogP contribution >= 0.6 is 12.2 Å². The van der Waals surface area contributed by atoms with Crippen molar-refractivity contribution in [3.63, 3.8) is 0 Å². The van der Waals surface area contributed by atoms with Crippen LogP contribution in [0.5, 0.6) is 0 Å². The lowest BCUT2D eigenvalue weighted by Crippen LogP contribution is -2.39. The molecule has 1 heterocycles. The Labute approximate surface area is 180 Å². The van der Waals surface area contributed by atoms with E-state index in [0.29, 0.717) is 5.56 Å². The lowest BCUT2D eigenvalue weighted by Gasteiger charge is -2.17. The maximum atomic E-state index is 13.4. The molecule has 1 N–H and O–H groups in total. The number of benzene rings is 2. The molecular weight excluding hydrogens is 398 g/mol. The second kappa shape index (κ2) is 8.84. The molecule has 0 unspecified atom stereocenters. The second-order valence-corrected chi connectivity index (χ2v) is 7.46. The van der Waals surface area contributed by atoms with Gasteiger partial charge in [-0.15, -0.1) is 0 Å². The van der Waals surface area contributed by atoms with Crippen LogP contribution in [0.1, 0.15) is 22.3 Å². The van der Waals surface area contributed by atoms with Crippen LogP contribution in [0.4, 0.5) is 11.4 Å². The Morgan fingerprint density at radius 2 is 1.63 bits per heavy atom. The summed E-state index contributed by atoms with van der Waals surface area (Å²) in [7, 11) is 0. The van der Waals surface area contributed by atoms with E-state index in [2.05, 4.69) is 5.32 Å². The molecule has 152 valence electrons. The summed E-state index contributed by atoms with van der Waals surface area (Å²) in [6.45, 7) is 5.60. The lowest BCUT2D eigenvalue weighted by molar-refractivity contribution is -0.577. The van der Waals surface area contributed by atoms with Crippen LogP contribution in [-0.4, -0.2) is 9.91 Å². The van der Waals surface area contributed by atoms with Crippen molar-refractivity contribution in [2.24, 2.45) is 0 Å². The summed E-state index contributed by atoms with van der Waals surface area (Å²) in [5, 5.41) is 27.8. The van der Waals surface area contributed by atoms with Gasteiger partial charge in [0, 0.05) is 29.4 Å². The number of nitrogens with zero attached hydrogens (tertiary/aromatic N) is 2. The lowest BCUT2D eigenvalue weighted by atomic mass is 10.1. The van der Waals surface area contributed by atoms with Crippen molar-refractivity contribution < 1.29 is 14.6 Å². The number of nitrogens with one attached hydrogen (secondary N) is 1. The molecule has 6 nitrogen and oxygen atoms in total. The molecule has 2 aromatic carbocycles. The van der Waals surface area contributed by atoms with E-state index in [4.69, 9.17) is 12.2 Å². The number of pyridine rings is 1. The van der Waals surface area contributed by atoms with Gasteiger partial charge in [0.1, 0.15) is 0 Å². The number of nitro groups is 1. The zero-order valence-electron chi connectivity index (χ0n) is 16.9. The van der Waals surface area contributed by atoms with Gasteiger partial charge in [-0.05, 0) is 55.4 Å². The molecule has 0 saturated carbocycles. The van der Waals surface area contributed by atoms with E-state index in [1.165, 1.54) is 6.07 Å². The fraction of sp³-hybridized carbons (Fsp3) is 0.130. The first-order valence-electron chi connectivity index (χ1n) is 9.29. The Bertz CT molecular complexity index is 1140. The quantitative estimate of drug-likeness (QED) is 0.169. The fourth-order valence-corrected chi connectivity index (χ4v) is 3.52. The van der Waals surface area contributed by atoms with E-state index in [9.17, 15) is 15.2 Å². The molecule has 0 spiro atoms. The Morgan fingerprint density at radius 3 is 2.23 bits per heavy atom. The minimum Gasteiger partial charge on any atom is -0.867 e. The van der Waals surface area contributed by atoms with Crippen LogP contribution in [0, 0.1) is 30.9 Å². The van der Waals surface area contributed by atoms with Crippen LogP contribution in [0.15, 0.2) is 67.0 Å². The average Bonchev–Trinajstić information content (AvgIpc) is 2.68. The Kier molecular flexibility index (Phi) is 6.23. The first kappa shape index (κ1) is 21.1. The number of thiocarbonyl (C=S) groups is 1. The summed E-state index contributed by atoms with van der Waals surface area (Å²) in [6, 6.07) is 15.8. The molecule has 0 bridgehead atoms. The van der Waals surface area contributed by atoms with E-state index in [1.54, 1.807) is 48.1 Å². The van der Waals surface area contributed by atoms with Crippen LogP contribution in [0.25, 0.3) is 11.5 Å². The van der Waals surface area contributed by atoms with Gasteiger partial charge in [-0.25, -0.2) is 0 Å². The maximum absolute atomic E-state index is 13.4. The van der Waals surface area contributed by atoms with Crippen molar-refractivity contribution in [1.82, 2.24) is 0 Å². The molecule has 0 amide bonds. The van der Waals surface area contributed by atoms with Crippen molar-refractivity contribution in [3.05, 3.63) is 99.4 Å². The number of aryl methyl sites for hydroxylation is 3. The highest BCUT2D eigenvalue weighted by atomic mass is 32.1. The van der Waals surface area contributed by atoms with Crippen molar-refractivity contribution >= 4 is 40.0 Å². The van der Waals surface area contributed by atoms with Gasteiger partial charge < -0.3 is 10.4 Å². The molecule has 0 aliphatic heterocycles. The molecule has 30 heavy (non-hydrogen) atoms. The molecule has 0 aliphatic rings. The molecule has 0 fully saturated rings. The van der Waals surface area contributed by atoms with Crippen molar-refractivity contribution in [1.29, 1.82) is 0 Å². The number of nitro benzene ring substituents is 1. The topological polar surface area (TPSA) is 82.1 Å². The largest absolute Gasteiger partial charge is 0.867 e. The fourth-order valence-electron chi connectivity index (χ4n) is 3.21. The third kappa shape index (κ3) is 4.69. The minimum atomic E-state index is -0.493. The molecule has 0 atom stereocenters. The summed E-state index contributed by atoms with van der Waals surface area (Å²) in [5.74, 6) is -0.406. The standard InChI is InChI=1S/C23H21N3O3S/c1-15-11-16(2)13-19(12-15)24-23(30)21(25-9-5-4-6-10-25)22(27)18-8-7-17(3)20(14-18)26(28)29/h4-14H,1-3H3,(H-,24,27,30). The normalized spacial score (nSPS) is 11.6. The van der Waals surface area contributed by atoms with Crippen LogP contribution in [0.3, 0.4) is 0 Å². The number of aromatic nitrogens is 1. The number of hydrogen-bond acceptors (Lipinski definition) is 4. The molecule has 0 aliphatic carbocycles. The van der Waals surface area contributed by atoms with Gasteiger partial charge in [-0.3, -0.25) is 10.1 Å². The number of rotatable bonds is 5. The smallest absolute Gasteiger partial charge is 0.272 e. The van der Waals surface area contributed by atoms with Gasteiger partial charge in [0.2, 0.25) is 5.70 Å². The molecule has 7 heteroatoms. The summed E-state index contributed by atoms with van der Waals surface area (Å²) in [5.41, 5.74) is 3.69. The van der Waals surface area contributed by atoms with Crippen LogP contribution in [-0.2, 0) is 0 Å². The van der Waals surface area contributed by atoms with E-state index >= 15 is 0 Å². The van der Waals surface area contributed by atoms with Gasteiger partial charge in [-0.1, -0.05) is 36.5 Å². The van der Waals surface area contributed by atoms with Gasteiger partial charge >= 0.3 is 0 Å². The summed E-state index contributed by atoms with van der Waals surface area (Å²) >= 11 is 5.59. The van der Waals surface area contributed by atoms with E-state index in [1.807, 2.05) is 38.1 Å². The van der Waals surface area contributed by atoms with Crippen LogP contribution in [0.2, 0.25) is 0 Å². The molecule has 3 aromatic rings. The highest BCUT2D eigenvalue weighted by Crippen LogP contribution is 2.24. The third-order valence-corrected chi connectivity index (χ3v) is 4.85. The maximum Gasteiger partial charge on any atom is 0.272 e. The first-order valence-corrected chi connectivity index (χ1v) is 9.70. The highest BCUT2D eigenvalue weighted by Gasteiger charge is 2.20. The first-order chi connectivity index (χ1) is 14.3. The molecular formula is C23H21N3O3S. The van der Waals surface area contributed by atoms with E-state index < -0.39 is 10.7 Å². The van der Waals surface area contributed by atoms with E-state index in [-0.39, 0.29) is 21.9 Å². The zero-order chi connectivity index (χ0) is 21.8. The predicted octanol–water partition coefficient (Wildman–Crippen LogP) is 3.93. The Hall–Kier alpha value is -3.58. The summed E-state index contributed by atoms with van der Waals surface area (Å²) in [6.07, 6.45) is 3.43. The zero-order valence-corrected chi connectivity index (χ0v) is 17.7. The number of hydrogen-bond donors (Lipinski definition) is 1. The van der Waals surface area contributed by atoms with Crippen molar-refractivity contribution in [3.8, 4) is 0 Å². The summed E-state index contributed by atoms with van der Waals surface area (Å²) < 4.78 is 1.62. The van der Waals surface area contributed by atoms with Crippen LogP contribution < -0.4 is 15.0 Å². The molecule has 0 radical (unpaired) electrons. The molecule has 3 rings (SSSR count). The average molecular weight is 420 g/mol. The predicted molar refractivity (Wildman–Crippen MR) is 120 cm³/mol. The minimum absolute atomic E-state index is 0.105. The second-order valence-electron chi connectivity index (χ2n) is 7.05. The highest BCUT2D eigenvalue weighted by molar-refractivity contribution is 7.81. The van der Waals surface area contributed by atoms with Gasteiger partial charge in [0.05, 0.1) is 4.92 Å². The van der Waals surface area contributed by atoms with Crippen molar-refractivity contribution in [2.75, 3.05) is 5.32 Å². The van der Waals surface area contributed by atoms with Gasteiger partial charge in [-0.2, -0.15) is 4.57 Å².